The van der Waals surface area contributed by atoms with Gasteiger partial charge in [-0.05, 0) is 24.1 Å². The van der Waals surface area contributed by atoms with Gasteiger partial charge in [-0.2, -0.15) is 0 Å². The zero-order valence-electron chi connectivity index (χ0n) is 11.4. The quantitative estimate of drug-likeness (QED) is 0.886. The third-order valence-corrected chi connectivity index (χ3v) is 2.87. The van der Waals surface area contributed by atoms with E-state index in [0.29, 0.717) is 24.1 Å². The average molecular weight is 262 g/mol. The van der Waals surface area contributed by atoms with Crippen LogP contribution in [0, 0.1) is 5.41 Å². The van der Waals surface area contributed by atoms with Crippen molar-refractivity contribution in [3.63, 3.8) is 0 Å². The Morgan fingerprint density at radius 2 is 2.11 bits per heavy atom. The van der Waals surface area contributed by atoms with Crippen LogP contribution < -0.4 is 11.1 Å². The minimum absolute atomic E-state index is 0.0294. The van der Waals surface area contributed by atoms with Gasteiger partial charge in [0.1, 0.15) is 0 Å². The Morgan fingerprint density at radius 3 is 2.79 bits per heavy atom. The summed E-state index contributed by atoms with van der Waals surface area (Å²) in [5, 5.41) is 2.89. The molecular weight excluding hydrogens is 244 g/mol. The van der Waals surface area contributed by atoms with Gasteiger partial charge in [0.2, 0.25) is 5.91 Å². The van der Waals surface area contributed by atoms with E-state index in [4.69, 9.17) is 4.42 Å². The Balaban J connectivity index is 1.98. The van der Waals surface area contributed by atoms with Gasteiger partial charge in [0.25, 0.3) is 0 Å². The second kappa shape index (κ2) is 4.91. The maximum atomic E-state index is 11.7. The van der Waals surface area contributed by atoms with Crippen LogP contribution in [0.5, 0.6) is 0 Å². The summed E-state index contributed by atoms with van der Waals surface area (Å²) < 4.78 is 4.99. The topological polar surface area (TPSA) is 75.1 Å². The standard InChI is InChI=1S/C14H18N2O3/c1-14(2,3)12(17)15-7-6-9-4-5-10-11(8-9)19-13(18)16-10/h4-5,8H,6-7H2,1-3H3,(H,15,17)(H,16,18). The monoisotopic (exact) mass is 262 g/mol. The van der Waals surface area contributed by atoms with Crippen molar-refractivity contribution in [2.75, 3.05) is 6.54 Å². The predicted octanol–water partition coefficient (Wildman–Crippen LogP) is 1.83. The summed E-state index contributed by atoms with van der Waals surface area (Å²) in [7, 11) is 0. The lowest BCUT2D eigenvalue weighted by Gasteiger charge is -2.17. The highest BCUT2D eigenvalue weighted by molar-refractivity contribution is 5.81. The second-order valence-electron chi connectivity index (χ2n) is 5.60. The molecule has 2 N–H and O–H groups in total. The van der Waals surface area contributed by atoms with Crippen LogP contribution in [0.2, 0.25) is 0 Å². The number of H-pyrrole nitrogens is 1. The molecule has 0 saturated heterocycles. The van der Waals surface area contributed by atoms with Gasteiger partial charge < -0.3 is 9.73 Å². The largest absolute Gasteiger partial charge is 0.417 e. The summed E-state index contributed by atoms with van der Waals surface area (Å²) in [5.41, 5.74) is 1.87. The fourth-order valence-corrected chi connectivity index (χ4v) is 1.73. The van der Waals surface area contributed by atoms with Crippen molar-refractivity contribution in [1.29, 1.82) is 0 Å². The Kier molecular flexibility index (Phi) is 3.46. The molecule has 1 aromatic carbocycles. The molecule has 0 radical (unpaired) electrons. The summed E-state index contributed by atoms with van der Waals surface area (Å²) in [6.07, 6.45) is 0.701. The molecule has 1 aromatic heterocycles. The van der Waals surface area contributed by atoms with Gasteiger partial charge in [-0.1, -0.05) is 26.8 Å². The van der Waals surface area contributed by atoms with Crippen molar-refractivity contribution in [2.24, 2.45) is 5.41 Å². The van der Waals surface area contributed by atoms with Crippen LogP contribution in [-0.2, 0) is 11.2 Å². The molecule has 0 aliphatic rings. The summed E-state index contributed by atoms with van der Waals surface area (Å²) >= 11 is 0. The van der Waals surface area contributed by atoms with Crippen LogP contribution in [0.25, 0.3) is 11.1 Å². The first kappa shape index (κ1) is 13.4. The van der Waals surface area contributed by atoms with Gasteiger partial charge >= 0.3 is 5.76 Å². The van der Waals surface area contributed by atoms with Crippen LogP contribution in [0.15, 0.2) is 27.4 Å². The molecule has 0 spiro atoms. The molecule has 19 heavy (non-hydrogen) atoms. The van der Waals surface area contributed by atoms with E-state index < -0.39 is 5.76 Å². The number of amides is 1. The van der Waals surface area contributed by atoms with E-state index in [9.17, 15) is 9.59 Å². The van der Waals surface area contributed by atoms with Gasteiger partial charge in [0, 0.05) is 12.0 Å². The van der Waals surface area contributed by atoms with Crippen LogP contribution >= 0.6 is 0 Å². The number of carbonyl (C=O) groups excluding carboxylic acids is 1. The van der Waals surface area contributed by atoms with E-state index in [1.54, 1.807) is 6.07 Å². The van der Waals surface area contributed by atoms with Gasteiger partial charge in [-0.25, -0.2) is 4.79 Å². The Bertz CT molecular complexity index is 646. The van der Waals surface area contributed by atoms with Gasteiger partial charge in [-0.3, -0.25) is 9.78 Å². The molecule has 1 amide bonds. The van der Waals surface area contributed by atoms with Crippen LogP contribution in [0.3, 0.4) is 0 Å². The summed E-state index contributed by atoms with van der Waals surface area (Å²) in [6.45, 7) is 6.20. The molecule has 0 fully saturated rings. The molecule has 5 nitrogen and oxygen atoms in total. The molecule has 0 aliphatic heterocycles. The van der Waals surface area contributed by atoms with Crippen LogP contribution in [0.1, 0.15) is 26.3 Å². The predicted molar refractivity (Wildman–Crippen MR) is 73.0 cm³/mol. The first-order valence-electron chi connectivity index (χ1n) is 6.26. The summed E-state index contributed by atoms with van der Waals surface area (Å²) in [6, 6.07) is 5.54. The normalized spacial score (nSPS) is 11.7. The van der Waals surface area contributed by atoms with Crippen molar-refractivity contribution in [1.82, 2.24) is 10.3 Å². The third kappa shape index (κ3) is 3.24. The molecule has 0 unspecified atom stereocenters. The fourth-order valence-electron chi connectivity index (χ4n) is 1.73. The van der Waals surface area contributed by atoms with E-state index in [2.05, 4.69) is 10.3 Å². The summed E-state index contributed by atoms with van der Waals surface area (Å²) in [4.78, 5) is 25.3. The summed E-state index contributed by atoms with van der Waals surface area (Å²) in [5.74, 6) is -0.421. The maximum absolute atomic E-state index is 11.7. The average Bonchev–Trinajstić information content (AvgIpc) is 2.67. The molecule has 0 aliphatic carbocycles. The number of aromatic nitrogens is 1. The van der Waals surface area contributed by atoms with Crippen molar-refractivity contribution >= 4 is 17.0 Å². The van der Waals surface area contributed by atoms with Crippen molar-refractivity contribution in [2.45, 2.75) is 27.2 Å². The second-order valence-corrected chi connectivity index (χ2v) is 5.60. The highest BCUT2D eigenvalue weighted by Gasteiger charge is 2.20. The van der Waals surface area contributed by atoms with Gasteiger partial charge in [0.05, 0.1) is 5.52 Å². The van der Waals surface area contributed by atoms with Gasteiger partial charge in [-0.15, -0.1) is 0 Å². The number of hydrogen-bond donors (Lipinski definition) is 2. The molecule has 0 atom stereocenters. The van der Waals surface area contributed by atoms with E-state index >= 15 is 0 Å². The number of hydrogen-bond acceptors (Lipinski definition) is 3. The number of nitrogens with one attached hydrogen (secondary N) is 2. The Hall–Kier alpha value is -2.04. The van der Waals surface area contributed by atoms with Crippen LogP contribution in [-0.4, -0.2) is 17.4 Å². The Morgan fingerprint density at radius 1 is 1.37 bits per heavy atom. The first-order valence-corrected chi connectivity index (χ1v) is 6.26. The lowest BCUT2D eigenvalue weighted by atomic mass is 9.95. The van der Waals surface area contributed by atoms with Crippen molar-refractivity contribution in [3.05, 3.63) is 34.3 Å². The zero-order valence-corrected chi connectivity index (χ0v) is 11.4. The van der Waals surface area contributed by atoms with E-state index in [-0.39, 0.29) is 11.3 Å². The first-order chi connectivity index (χ1) is 8.86. The van der Waals surface area contributed by atoms with E-state index in [1.165, 1.54) is 0 Å². The molecule has 2 rings (SSSR count). The number of benzene rings is 1. The lowest BCUT2D eigenvalue weighted by Crippen LogP contribution is -2.35. The molecule has 102 valence electrons. The molecular formula is C14H18N2O3. The molecule has 0 saturated carbocycles. The molecule has 5 heteroatoms. The minimum atomic E-state index is -0.451. The maximum Gasteiger partial charge on any atom is 0.417 e. The fraction of sp³-hybridized carbons (Fsp3) is 0.429. The third-order valence-electron chi connectivity index (χ3n) is 2.87. The zero-order chi connectivity index (χ0) is 14.0. The number of aromatic amines is 1. The van der Waals surface area contributed by atoms with E-state index in [0.717, 1.165) is 5.56 Å². The molecule has 0 bridgehead atoms. The number of carbonyl (C=O) groups is 1. The molecule has 2 aromatic rings. The van der Waals surface area contributed by atoms with Crippen molar-refractivity contribution < 1.29 is 9.21 Å². The number of fused-ring (bicyclic) bond motifs is 1. The minimum Gasteiger partial charge on any atom is -0.408 e. The van der Waals surface area contributed by atoms with E-state index in [1.807, 2.05) is 32.9 Å². The van der Waals surface area contributed by atoms with Crippen molar-refractivity contribution in [3.8, 4) is 0 Å². The number of oxazole rings is 1. The highest BCUT2D eigenvalue weighted by Crippen LogP contribution is 2.14. The lowest BCUT2D eigenvalue weighted by molar-refractivity contribution is -0.128. The van der Waals surface area contributed by atoms with Crippen LogP contribution in [0.4, 0.5) is 0 Å². The highest BCUT2D eigenvalue weighted by atomic mass is 16.4. The SMILES string of the molecule is CC(C)(C)C(=O)NCCc1ccc2[nH]c(=O)oc2c1. The number of rotatable bonds is 3. The smallest absolute Gasteiger partial charge is 0.408 e. The molecule has 1 heterocycles. The van der Waals surface area contributed by atoms with Gasteiger partial charge in [0.15, 0.2) is 5.58 Å². The Labute approximate surface area is 111 Å².